The monoisotopic (exact) mass is 273 g/mol. The van der Waals surface area contributed by atoms with Crippen molar-refractivity contribution in [3.05, 3.63) is 41.5 Å². The Morgan fingerprint density at radius 1 is 1.30 bits per heavy atom. The van der Waals surface area contributed by atoms with Gasteiger partial charge in [-0.3, -0.25) is 0 Å². The van der Waals surface area contributed by atoms with Crippen LogP contribution in [0.5, 0.6) is 5.75 Å². The van der Waals surface area contributed by atoms with Gasteiger partial charge in [-0.2, -0.15) is 4.98 Å². The van der Waals surface area contributed by atoms with Crippen molar-refractivity contribution in [2.24, 2.45) is 11.7 Å². The Balaban J connectivity index is 1.91. The Bertz CT molecular complexity index is 594. The molecule has 5 heteroatoms. The van der Waals surface area contributed by atoms with Gasteiger partial charge in [0.1, 0.15) is 5.75 Å². The molecule has 2 unspecified atom stereocenters. The van der Waals surface area contributed by atoms with E-state index in [1.54, 1.807) is 0 Å². The maximum absolute atomic E-state index is 6.07. The van der Waals surface area contributed by atoms with Gasteiger partial charge in [0.25, 0.3) is 0 Å². The summed E-state index contributed by atoms with van der Waals surface area (Å²) in [7, 11) is 0. The van der Waals surface area contributed by atoms with E-state index in [2.05, 4.69) is 10.1 Å². The molecule has 1 aromatic carbocycles. The molecule has 3 rings (SSSR count). The van der Waals surface area contributed by atoms with E-state index in [9.17, 15) is 0 Å². The second kappa shape index (κ2) is 5.25. The number of fused-ring (bicyclic) bond motifs is 1. The smallest absolute Gasteiger partial charge is 0.234 e. The Hall–Kier alpha value is -1.88. The molecule has 0 saturated heterocycles. The van der Waals surface area contributed by atoms with Crippen molar-refractivity contribution in [3.63, 3.8) is 0 Å². The third-order valence-corrected chi connectivity index (χ3v) is 3.73. The molecule has 0 fully saturated rings. The first-order chi connectivity index (χ1) is 9.66. The minimum Gasteiger partial charge on any atom is -0.493 e. The van der Waals surface area contributed by atoms with Crippen LogP contribution in [0.3, 0.4) is 0 Å². The quantitative estimate of drug-likeness (QED) is 0.930. The number of nitrogens with zero attached hydrogens (tertiary/aromatic N) is 2. The highest BCUT2D eigenvalue weighted by Crippen LogP contribution is 2.37. The molecular weight excluding hydrogens is 254 g/mol. The molecule has 1 aromatic heterocycles. The van der Waals surface area contributed by atoms with Crippen LogP contribution in [0.25, 0.3) is 0 Å². The molecule has 0 spiro atoms. The highest BCUT2D eigenvalue weighted by molar-refractivity contribution is 5.40. The lowest BCUT2D eigenvalue weighted by molar-refractivity contribution is 0.256. The first kappa shape index (κ1) is 13.1. The second-order valence-electron chi connectivity index (χ2n) is 5.49. The highest BCUT2D eigenvalue weighted by atomic mass is 16.5. The topological polar surface area (TPSA) is 74.2 Å². The Morgan fingerprint density at radius 3 is 2.90 bits per heavy atom. The van der Waals surface area contributed by atoms with E-state index >= 15 is 0 Å². The zero-order chi connectivity index (χ0) is 14.1. The normalized spacial score (nSPS) is 19.5. The molecule has 2 N–H and O–H groups in total. The second-order valence-corrected chi connectivity index (χ2v) is 5.49. The maximum atomic E-state index is 6.07. The summed E-state index contributed by atoms with van der Waals surface area (Å²) >= 11 is 0. The van der Waals surface area contributed by atoms with Crippen LogP contribution in [0.4, 0.5) is 0 Å². The summed E-state index contributed by atoms with van der Waals surface area (Å²) in [6, 6.07) is 7.79. The lowest BCUT2D eigenvalue weighted by atomic mass is 9.93. The van der Waals surface area contributed by atoms with Crippen LogP contribution in [0, 0.1) is 5.92 Å². The average molecular weight is 273 g/mol. The largest absolute Gasteiger partial charge is 0.493 e. The van der Waals surface area contributed by atoms with Crippen LogP contribution >= 0.6 is 0 Å². The average Bonchev–Trinajstić information content (AvgIpc) is 2.95. The van der Waals surface area contributed by atoms with E-state index in [1.165, 1.54) is 0 Å². The van der Waals surface area contributed by atoms with E-state index < -0.39 is 0 Å². The molecule has 0 bridgehead atoms. The molecule has 106 valence electrons. The van der Waals surface area contributed by atoms with Crippen LogP contribution < -0.4 is 10.5 Å². The van der Waals surface area contributed by atoms with Crippen molar-refractivity contribution in [2.45, 2.75) is 32.2 Å². The Labute approximate surface area is 118 Å². The van der Waals surface area contributed by atoms with Gasteiger partial charge >= 0.3 is 0 Å². The number of hydrogen-bond donors (Lipinski definition) is 1. The molecule has 2 aromatic rings. The van der Waals surface area contributed by atoms with Crippen molar-refractivity contribution in [2.75, 3.05) is 6.61 Å². The number of nitrogens with two attached hydrogens (primary N) is 1. The molecule has 2 atom stereocenters. The van der Waals surface area contributed by atoms with E-state index in [1.807, 2.05) is 38.1 Å². The van der Waals surface area contributed by atoms with Crippen molar-refractivity contribution in [3.8, 4) is 5.75 Å². The third-order valence-electron chi connectivity index (χ3n) is 3.73. The van der Waals surface area contributed by atoms with Crippen LogP contribution in [-0.4, -0.2) is 16.7 Å². The first-order valence-electron chi connectivity index (χ1n) is 6.97. The fourth-order valence-corrected chi connectivity index (χ4v) is 2.42. The standard InChI is InChI=1S/C15H19N3O2/c1-9(2)13(16)14-17-15(20-18-14)11-7-8-19-12-6-4-3-5-10(11)12/h3-6,9,11,13H,7-8,16H2,1-2H3. The number of aromatic nitrogens is 2. The molecule has 0 aliphatic carbocycles. The fourth-order valence-electron chi connectivity index (χ4n) is 2.42. The molecular formula is C15H19N3O2. The van der Waals surface area contributed by atoms with E-state index in [0.29, 0.717) is 18.3 Å². The predicted octanol–water partition coefficient (Wildman–Crippen LogP) is 2.64. The highest BCUT2D eigenvalue weighted by Gasteiger charge is 2.28. The van der Waals surface area contributed by atoms with Gasteiger partial charge < -0.3 is 15.0 Å². The summed E-state index contributed by atoms with van der Waals surface area (Å²) in [5.41, 5.74) is 7.17. The molecule has 20 heavy (non-hydrogen) atoms. The number of ether oxygens (including phenoxy) is 1. The third kappa shape index (κ3) is 2.29. The number of benzene rings is 1. The van der Waals surface area contributed by atoms with Gasteiger partial charge in [-0.15, -0.1) is 0 Å². The Kier molecular flexibility index (Phi) is 3.44. The summed E-state index contributed by atoms with van der Waals surface area (Å²) in [5, 5.41) is 4.03. The van der Waals surface area contributed by atoms with Crippen molar-refractivity contribution < 1.29 is 9.26 Å². The zero-order valence-electron chi connectivity index (χ0n) is 11.7. The van der Waals surface area contributed by atoms with Gasteiger partial charge in [-0.05, 0) is 18.4 Å². The van der Waals surface area contributed by atoms with Crippen LogP contribution in [0.1, 0.15) is 49.5 Å². The van der Waals surface area contributed by atoms with Gasteiger partial charge in [-0.1, -0.05) is 37.2 Å². The Morgan fingerprint density at radius 2 is 2.10 bits per heavy atom. The van der Waals surface area contributed by atoms with Crippen LogP contribution in [0.2, 0.25) is 0 Å². The van der Waals surface area contributed by atoms with Crippen molar-refractivity contribution in [1.82, 2.24) is 10.1 Å². The van der Waals surface area contributed by atoms with E-state index in [0.717, 1.165) is 17.7 Å². The van der Waals surface area contributed by atoms with E-state index in [4.69, 9.17) is 15.0 Å². The van der Waals surface area contributed by atoms with Gasteiger partial charge in [-0.25, -0.2) is 0 Å². The summed E-state index contributed by atoms with van der Waals surface area (Å²) < 4.78 is 11.1. The maximum Gasteiger partial charge on any atom is 0.234 e. The number of hydrogen-bond acceptors (Lipinski definition) is 5. The zero-order valence-corrected chi connectivity index (χ0v) is 11.7. The molecule has 0 saturated carbocycles. The predicted molar refractivity (Wildman–Crippen MR) is 74.5 cm³/mol. The summed E-state index contributed by atoms with van der Waals surface area (Å²) in [5.74, 6) is 2.49. The minimum absolute atomic E-state index is 0.0977. The lowest BCUT2D eigenvalue weighted by Gasteiger charge is -2.23. The van der Waals surface area contributed by atoms with Crippen molar-refractivity contribution >= 4 is 0 Å². The van der Waals surface area contributed by atoms with Crippen LogP contribution in [-0.2, 0) is 0 Å². The fraction of sp³-hybridized carbons (Fsp3) is 0.467. The molecule has 1 aliphatic rings. The summed E-state index contributed by atoms with van der Waals surface area (Å²) in [4.78, 5) is 4.50. The first-order valence-corrected chi connectivity index (χ1v) is 6.97. The molecule has 0 amide bonds. The molecule has 0 radical (unpaired) electrons. The van der Waals surface area contributed by atoms with Crippen molar-refractivity contribution in [1.29, 1.82) is 0 Å². The molecule has 1 aliphatic heterocycles. The number of rotatable bonds is 3. The molecule has 5 nitrogen and oxygen atoms in total. The summed E-state index contributed by atoms with van der Waals surface area (Å²) in [6.45, 7) is 4.75. The van der Waals surface area contributed by atoms with Gasteiger partial charge in [0.2, 0.25) is 5.89 Å². The lowest BCUT2D eigenvalue weighted by Crippen LogP contribution is -2.19. The molecule has 2 heterocycles. The SMILES string of the molecule is CC(C)C(N)c1noc(C2CCOc3ccccc32)n1. The minimum atomic E-state index is -0.192. The van der Waals surface area contributed by atoms with E-state index in [-0.39, 0.29) is 17.9 Å². The van der Waals surface area contributed by atoms with Crippen LogP contribution in [0.15, 0.2) is 28.8 Å². The summed E-state index contributed by atoms with van der Waals surface area (Å²) in [6.07, 6.45) is 0.843. The van der Waals surface area contributed by atoms with Gasteiger partial charge in [0, 0.05) is 5.56 Å². The van der Waals surface area contributed by atoms with Gasteiger partial charge in [0.15, 0.2) is 5.82 Å². The number of para-hydroxylation sites is 1. The van der Waals surface area contributed by atoms with Gasteiger partial charge in [0.05, 0.1) is 18.6 Å².